The predicted molar refractivity (Wildman–Crippen MR) is 152 cm³/mol. The molecule has 0 aliphatic rings. The summed E-state index contributed by atoms with van der Waals surface area (Å²) >= 11 is 6.17. The average Bonchev–Trinajstić information content (AvgIpc) is 3.19. The van der Waals surface area contributed by atoms with Gasteiger partial charge in [0.05, 0.1) is 19.8 Å². The maximum atomic E-state index is 13.8. The van der Waals surface area contributed by atoms with Gasteiger partial charge >= 0.3 is 0 Å². The van der Waals surface area contributed by atoms with E-state index < -0.39 is 11.4 Å². The number of aromatic hydroxyl groups is 1. The van der Waals surface area contributed by atoms with Crippen LogP contribution in [-0.2, 0) is 13.0 Å². The Bertz CT molecular complexity index is 1470. The molecule has 0 saturated carbocycles. The first-order chi connectivity index (χ1) is 18.5. The van der Waals surface area contributed by atoms with E-state index in [4.69, 9.17) is 21.1 Å². The molecule has 1 amide bonds. The molecule has 8 heteroatoms. The zero-order chi connectivity index (χ0) is 28.3. The van der Waals surface area contributed by atoms with Gasteiger partial charge in [0.1, 0.15) is 11.5 Å². The van der Waals surface area contributed by atoms with Gasteiger partial charge in [0.25, 0.3) is 5.91 Å². The van der Waals surface area contributed by atoms with E-state index in [0.29, 0.717) is 50.9 Å². The number of aromatic nitrogens is 1. The van der Waals surface area contributed by atoms with Crippen LogP contribution in [0.1, 0.15) is 36.8 Å². The zero-order valence-corrected chi connectivity index (χ0v) is 23.4. The molecule has 204 valence electrons. The first-order valence-electron chi connectivity index (χ1n) is 12.5. The molecule has 0 bridgehead atoms. The first kappa shape index (κ1) is 28.0. The molecule has 3 aromatic carbocycles. The molecule has 0 saturated heterocycles. The molecule has 4 aromatic rings. The number of rotatable bonds is 8. The Hall–Kier alpha value is -3.97. The van der Waals surface area contributed by atoms with Crippen LogP contribution in [0.2, 0.25) is 5.02 Å². The number of ether oxygens (including phenoxy) is 2. The Balaban J connectivity index is 1.92. The summed E-state index contributed by atoms with van der Waals surface area (Å²) in [5, 5.41) is 15.2. The lowest BCUT2D eigenvalue weighted by atomic mass is 9.95. The third-order valence-electron chi connectivity index (χ3n) is 6.28. The minimum Gasteiger partial charge on any atom is -0.494 e. The molecule has 0 unspecified atom stereocenters. The van der Waals surface area contributed by atoms with Crippen molar-refractivity contribution in [2.75, 3.05) is 14.2 Å². The van der Waals surface area contributed by atoms with Crippen molar-refractivity contribution in [3.63, 3.8) is 0 Å². The molecule has 39 heavy (non-hydrogen) atoms. The van der Waals surface area contributed by atoms with Crippen LogP contribution < -0.4 is 14.8 Å². The fourth-order valence-electron chi connectivity index (χ4n) is 4.52. The van der Waals surface area contributed by atoms with E-state index in [2.05, 4.69) is 5.32 Å². The van der Waals surface area contributed by atoms with Gasteiger partial charge in [-0.2, -0.15) is 0 Å². The largest absolute Gasteiger partial charge is 0.494 e. The number of nitrogens with one attached hydrogen (secondary N) is 1. The molecule has 2 N–H and O–H groups in total. The van der Waals surface area contributed by atoms with Gasteiger partial charge in [0.15, 0.2) is 17.4 Å². The van der Waals surface area contributed by atoms with Crippen molar-refractivity contribution in [3.05, 3.63) is 88.8 Å². The maximum absolute atomic E-state index is 13.8. The Labute approximate surface area is 233 Å². The standard InChI is InChI=1S/C31H32ClFN2O4/c1-31(2,3)34-29(36)28-26(20-7-11-22(32)12-8-20)27(21-9-13-23(33)14-10-21)30(37)35(28)17-16-19-6-15-24(38-4)25(18-19)39-5/h6-15,18,37H,16-17H2,1-5H3,(H,34,36). The van der Waals surface area contributed by atoms with Crippen LogP contribution in [0.25, 0.3) is 22.3 Å². The Morgan fingerprint density at radius 3 is 2.10 bits per heavy atom. The van der Waals surface area contributed by atoms with Crippen molar-refractivity contribution >= 4 is 17.5 Å². The van der Waals surface area contributed by atoms with E-state index in [1.807, 2.05) is 39.0 Å². The number of amides is 1. The fraction of sp³-hybridized carbons (Fsp3) is 0.258. The normalized spacial score (nSPS) is 11.4. The summed E-state index contributed by atoms with van der Waals surface area (Å²) in [6.07, 6.45) is 0.487. The Morgan fingerprint density at radius 1 is 0.923 bits per heavy atom. The van der Waals surface area contributed by atoms with E-state index in [0.717, 1.165) is 5.56 Å². The monoisotopic (exact) mass is 550 g/mol. The van der Waals surface area contributed by atoms with Gasteiger partial charge in [-0.15, -0.1) is 0 Å². The van der Waals surface area contributed by atoms with Crippen molar-refractivity contribution in [3.8, 4) is 39.6 Å². The number of halogens is 2. The summed E-state index contributed by atoms with van der Waals surface area (Å²) in [7, 11) is 3.15. The van der Waals surface area contributed by atoms with Gasteiger partial charge in [0, 0.05) is 22.7 Å². The Morgan fingerprint density at radius 2 is 1.51 bits per heavy atom. The third-order valence-corrected chi connectivity index (χ3v) is 6.53. The highest BCUT2D eigenvalue weighted by Gasteiger charge is 2.30. The SMILES string of the molecule is COc1ccc(CCn2c(O)c(-c3ccc(F)cc3)c(-c3ccc(Cl)cc3)c2C(=O)NC(C)(C)C)cc1OC. The maximum Gasteiger partial charge on any atom is 0.269 e. The number of carbonyl (C=O) groups is 1. The smallest absolute Gasteiger partial charge is 0.269 e. The van der Waals surface area contributed by atoms with Crippen LogP contribution in [0, 0.1) is 5.82 Å². The van der Waals surface area contributed by atoms with Crippen LogP contribution in [-0.4, -0.2) is 35.3 Å². The Kier molecular flexibility index (Phi) is 8.21. The summed E-state index contributed by atoms with van der Waals surface area (Å²) in [6, 6.07) is 18.5. The highest BCUT2D eigenvalue weighted by atomic mass is 35.5. The van der Waals surface area contributed by atoms with Gasteiger partial charge in [0.2, 0.25) is 0 Å². The third kappa shape index (κ3) is 6.20. The lowest BCUT2D eigenvalue weighted by molar-refractivity contribution is 0.0909. The topological polar surface area (TPSA) is 72.7 Å². The number of aryl methyl sites for hydroxylation is 1. The van der Waals surface area contributed by atoms with Gasteiger partial charge < -0.3 is 24.5 Å². The number of nitrogens with zero attached hydrogens (tertiary/aromatic N) is 1. The average molecular weight is 551 g/mol. The number of hydrogen-bond donors (Lipinski definition) is 2. The van der Waals surface area contributed by atoms with Crippen LogP contribution in [0.4, 0.5) is 4.39 Å². The predicted octanol–water partition coefficient (Wildman–Crippen LogP) is 7.11. The molecule has 0 atom stereocenters. The van der Waals surface area contributed by atoms with Gasteiger partial charge in [-0.05, 0) is 80.3 Å². The zero-order valence-electron chi connectivity index (χ0n) is 22.6. The van der Waals surface area contributed by atoms with Crippen LogP contribution in [0.5, 0.6) is 17.4 Å². The van der Waals surface area contributed by atoms with Crippen molar-refractivity contribution < 1.29 is 23.8 Å². The molecule has 1 heterocycles. The van der Waals surface area contributed by atoms with Gasteiger partial charge in [-0.3, -0.25) is 4.79 Å². The molecule has 0 aliphatic heterocycles. The van der Waals surface area contributed by atoms with Gasteiger partial charge in [-0.1, -0.05) is 41.9 Å². The van der Waals surface area contributed by atoms with Crippen molar-refractivity contribution in [1.29, 1.82) is 0 Å². The van der Waals surface area contributed by atoms with E-state index in [-0.39, 0.29) is 18.3 Å². The first-order valence-corrected chi connectivity index (χ1v) is 12.9. The highest BCUT2D eigenvalue weighted by molar-refractivity contribution is 6.30. The summed E-state index contributed by atoms with van der Waals surface area (Å²) < 4.78 is 26.2. The molecule has 0 spiro atoms. The molecule has 0 radical (unpaired) electrons. The molecule has 4 rings (SSSR count). The summed E-state index contributed by atoms with van der Waals surface area (Å²) in [4.78, 5) is 13.8. The molecular weight excluding hydrogens is 519 g/mol. The second-order valence-corrected chi connectivity index (χ2v) is 10.7. The molecule has 6 nitrogen and oxygen atoms in total. The van der Waals surface area contributed by atoms with E-state index in [1.165, 1.54) is 12.1 Å². The highest BCUT2D eigenvalue weighted by Crippen LogP contribution is 2.44. The van der Waals surface area contributed by atoms with E-state index >= 15 is 0 Å². The van der Waals surface area contributed by atoms with E-state index in [9.17, 15) is 14.3 Å². The number of hydrogen-bond acceptors (Lipinski definition) is 4. The minimum absolute atomic E-state index is 0.0916. The van der Waals surface area contributed by atoms with Gasteiger partial charge in [-0.25, -0.2) is 4.39 Å². The quantitative estimate of drug-likeness (QED) is 0.245. The molecule has 0 fully saturated rings. The lowest BCUT2D eigenvalue weighted by Gasteiger charge is -2.22. The minimum atomic E-state index is -0.529. The lowest BCUT2D eigenvalue weighted by Crippen LogP contribution is -2.41. The van der Waals surface area contributed by atoms with Crippen LogP contribution >= 0.6 is 11.6 Å². The molecular formula is C31H32ClFN2O4. The molecule has 1 aromatic heterocycles. The van der Waals surface area contributed by atoms with Crippen molar-refractivity contribution in [1.82, 2.24) is 9.88 Å². The van der Waals surface area contributed by atoms with Crippen LogP contribution in [0.3, 0.4) is 0 Å². The second-order valence-electron chi connectivity index (χ2n) is 10.2. The second kappa shape index (κ2) is 11.4. The van der Waals surface area contributed by atoms with Crippen LogP contribution in [0.15, 0.2) is 66.7 Å². The van der Waals surface area contributed by atoms with Crippen molar-refractivity contribution in [2.24, 2.45) is 0 Å². The summed E-state index contributed by atoms with van der Waals surface area (Å²) in [5.41, 5.74) is 2.93. The number of methoxy groups -OCH3 is 2. The summed E-state index contributed by atoms with van der Waals surface area (Å²) in [5.74, 6) is 0.365. The fourth-order valence-corrected chi connectivity index (χ4v) is 4.65. The molecule has 0 aliphatic carbocycles. The summed E-state index contributed by atoms with van der Waals surface area (Å²) in [6.45, 7) is 5.97. The number of benzene rings is 3. The van der Waals surface area contributed by atoms with Crippen molar-refractivity contribution in [2.45, 2.75) is 39.3 Å². The van der Waals surface area contributed by atoms with E-state index in [1.54, 1.807) is 55.2 Å². The number of carbonyl (C=O) groups excluding carboxylic acids is 1.